The largest absolute Gasteiger partial charge is 0.433 e. The zero-order valence-corrected chi connectivity index (χ0v) is 9.07. The molecular formula is C10H9F3N2S. The predicted octanol–water partition coefficient (Wildman–Crippen LogP) is 2.90. The summed E-state index contributed by atoms with van der Waals surface area (Å²) in [4.78, 5) is 4.40. The second-order valence-electron chi connectivity index (χ2n) is 3.59. The Bertz CT molecular complexity index is 466. The fourth-order valence-electron chi connectivity index (χ4n) is 1.62. The number of hydrogen-bond donors (Lipinski definition) is 2. The van der Waals surface area contributed by atoms with E-state index in [-0.39, 0.29) is 5.69 Å². The fourth-order valence-corrected chi connectivity index (χ4v) is 1.86. The van der Waals surface area contributed by atoms with Crippen molar-refractivity contribution in [2.24, 2.45) is 0 Å². The van der Waals surface area contributed by atoms with Crippen LogP contribution < -0.4 is 5.73 Å². The van der Waals surface area contributed by atoms with Crippen molar-refractivity contribution in [3.8, 4) is 0 Å². The number of aryl methyl sites for hydroxylation is 1. The Kier molecular flexibility index (Phi) is 2.61. The van der Waals surface area contributed by atoms with Crippen LogP contribution in [0.15, 0.2) is 11.0 Å². The molecule has 6 heteroatoms. The lowest BCUT2D eigenvalue weighted by molar-refractivity contribution is -0.141. The van der Waals surface area contributed by atoms with Gasteiger partial charge in [0.05, 0.1) is 5.69 Å². The lowest BCUT2D eigenvalue weighted by Crippen LogP contribution is -2.13. The van der Waals surface area contributed by atoms with Gasteiger partial charge in [-0.3, -0.25) is 0 Å². The molecule has 1 aromatic heterocycles. The molecule has 2 rings (SSSR count). The number of nitrogens with zero attached hydrogens (tertiary/aromatic N) is 1. The van der Waals surface area contributed by atoms with E-state index in [0.29, 0.717) is 24.1 Å². The van der Waals surface area contributed by atoms with Crippen LogP contribution in [-0.4, -0.2) is 4.98 Å². The predicted molar refractivity (Wildman–Crippen MR) is 58.9 cm³/mol. The molecule has 1 aliphatic carbocycles. The molecule has 1 aromatic rings. The Labute approximate surface area is 95.8 Å². The highest BCUT2D eigenvalue weighted by Crippen LogP contribution is 2.34. The molecule has 0 radical (unpaired) electrons. The van der Waals surface area contributed by atoms with Crippen LogP contribution in [0.1, 0.15) is 23.4 Å². The number of alkyl halides is 3. The minimum absolute atomic E-state index is 0.101. The molecule has 0 atom stereocenters. The van der Waals surface area contributed by atoms with Crippen molar-refractivity contribution in [3.05, 3.63) is 27.9 Å². The van der Waals surface area contributed by atoms with Gasteiger partial charge in [-0.05, 0) is 29.9 Å². The number of thiol groups is 1. The Morgan fingerprint density at radius 1 is 1.31 bits per heavy atom. The van der Waals surface area contributed by atoms with Crippen LogP contribution in [0.3, 0.4) is 0 Å². The first kappa shape index (κ1) is 11.3. The molecule has 2 nitrogen and oxygen atoms in total. The molecule has 1 aliphatic rings. The maximum absolute atomic E-state index is 12.5. The van der Waals surface area contributed by atoms with E-state index in [9.17, 15) is 13.2 Å². The van der Waals surface area contributed by atoms with Gasteiger partial charge in [0.15, 0.2) is 0 Å². The van der Waals surface area contributed by atoms with Gasteiger partial charge in [0.2, 0.25) is 0 Å². The van der Waals surface area contributed by atoms with E-state index >= 15 is 0 Å². The van der Waals surface area contributed by atoms with E-state index in [1.165, 1.54) is 0 Å². The highest BCUT2D eigenvalue weighted by molar-refractivity contribution is 7.84. The lowest BCUT2D eigenvalue weighted by atomic mass is 10.0. The summed E-state index contributed by atoms with van der Waals surface area (Å²) in [7, 11) is 0. The highest BCUT2D eigenvalue weighted by atomic mass is 32.1. The quantitative estimate of drug-likeness (QED) is 0.691. The van der Waals surface area contributed by atoms with E-state index in [1.807, 2.05) is 0 Å². The molecular weight excluding hydrogens is 237 g/mol. The van der Waals surface area contributed by atoms with Gasteiger partial charge in [0.1, 0.15) is 5.69 Å². The number of rotatable bonds is 0. The summed E-state index contributed by atoms with van der Waals surface area (Å²) >= 11 is 4.17. The number of aromatic nitrogens is 1. The van der Waals surface area contributed by atoms with E-state index in [2.05, 4.69) is 17.6 Å². The molecule has 2 N–H and O–H groups in total. The Hall–Kier alpha value is -1.17. The third-order valence-corrected chi connectivity index (χ3v) is 2.74. The van der Waals surface area contributed by atoms with Gasteiger partial charge in [-0.15, -0.1) is 12.6 Å². The van der Waals surface area contributed by atoms with Crippen molar-refractivity contribution < 1.29 is 13.2 Å². The second kappa shape index (κ2) is 3.69. The number of nitrogen functional groups attached to an aromatic ring is 1. The van der Waals surface area contributed by atoms with E-state index in [4.69, 9.17) is 5.73 Å². The zero-order chi connectivity index (χ0) is 11.9. The van der Waals surface area contributed by atoms with E-state index in [0.717, 1.165) is 11.0 Å². The normalized spacial score (nSPS) is 15.6. The average Bonchev–Trinajstić information content (AvgIpc) is 2.17. The molecule has 0 bridgehead atoms. The summed E-state index contributed by atoms with van der Waals surface area (Å²) in [6.45, 7) is 0. The summed E-state index contributed by atoms with van der Waals surface area (Å²) in [5, 5.41) is 0. The number of nitrogens with two attached hydrogens (primary N) is 1. The first-order valence-corrected chi connectivity index (χ1v) is 5.09. The van der Waals surface area contributed by atoms with Crippen LogP contribution in [0.2, 0.25) is 0 Å². The van der Waals surface area contributed by atoms with Crippen LogP contribution in [0.25, 0.3) is 6.08 Å². The molecule has 0 saturated carbocycles. The topological polar surface area (TPSA) is 38.9 Å². The summed E-state index contributed by atoms with van der Waals surface area (Å²) in [5.41, 5.74) is 5.71. The Balaban J connectivity index is 2.56. The number of hydrogen-bond acceptors (Lipinski definition) is 3. The monoisotopic (exact) mass is 246 g/mol. The fraction of sp³-hybridized carbons (Fsp3) is 0.300. The molecule has 0 unspecified atom stereocenters. The van der Waals surface area contributed by atoms with Gasteiger partial charge in [-0.2, -0.15) is 13.2 Å². The van der Waals surface area contributed by atoms with Crippen molar-refractivity contribution in [1.29, 1.82) is 0 Å². The average molecular weight is 246 g/mol. The number of fused-ring (bicyclic) bond motifs is 1. The van der Waals surface area contributed by atoms with Crippen LogP contribution in [0.4, 0.5) is 18.9 Å². The third kappa shape index (κ3) is 2.02. The lowest BCUT2D eigenvalue weighted by Gasteiger charge is -2.17. The van der Waals surface area contributed by atoms with Crippen molar-refractivity contribution in [2.45, 2.75) is 19.0 Å². The number of anilines is 1. The van der Waals surface area contributed by atoms with Crippen LogP contribution in [0, 0.1) is 0 Å². The second-order valence-corrected chi connectivity index (χ2v) is 4.16. The van der Waals surface area contributed by atoms with Crippen molar-refractivity contribution in [1.82, 2.24) is 4.98 Å². The zero-order valence-electron chi connectivity index (χ0n) is 8.17. The minimum atomic E-state index is -4.45. The van der Waals surface area contributed by atoms with Crippen LogP contribution >= 0.6 is 12.6 Å². The van der Waals surface area contributed by atoms with Crippen LogP contribution in [0.5, 0.6) is 0 Å². The van der Waals surface area contributed by atoms with E-state index in [1.54, 1.807) is 6.08 Å². The van der Waals surface area contributed by atoms with Gasteiger partial charge < -0.3 is 5.73 Å². The molecule has 1 heterocycles. The maximum atomic E-state index is 12.5. The van der Waals surface area contributed by atoms with Gasteiger partial charge >= 0.3 is 6.18 Å². The SMILES string of the molecule is Nc1cc(C(F)(F)F)nc2c1C=C(S)CC2. The van der Waals surface area contributed by atoms with E-state index < -0.39 is 11.9 Å². The van der Waals surface area contributed by atoms with Crippen molar-refractivity contribution in [3.63, 3.8) is 0 Å². The molecule has 0 aliphatic heterocycles. The van der Waals surface area contributed by atoms with Crippen molar-refractivity contribution in [2.75, 3.05) is 5.73 Å². The smallest absolute Gasteiger partial charge is 0.398 e. The molecule has 86 valence electrons. The standard InChI is InChI=1S/C10H9F3N2S/c11-10(12,13)9-4-7(14)6-3-5(16)1-2-8(6)15-9/h3-4,16H,1-2H2,(H2,14,15). The number of pyridine rings is 1. The maximum Gasteiger partial charge on any atom is 0.433 e. The first-order valence-electron chi connectivity index (χ1n) is 4.64. The minimum Gasteiger partial charge on any atom is -0.398 e. The third-order valence-electron chi connectivity index (χ3n) is 2.39. The van der Waals surface area contributed by atoms with Gasteiger partial charge in [0, 0.05) is 11.3 Å². The molecule has 16 heavy (non-hydrogen) atoms. The van der Waals surface area contributed by atoms with Crippen LogP contribution in [-0.2, 0) is 12.6 Å². The number of halogens is 3. The van der Waals surface area contributed by atoms with Crippen molar-refractivity contribution >= 4 is 24.4 Å². The molecule has 0 aromatic carbocycles. The molecule has 0 fully saturated rings. The Morgan fingerprint density at radius 2 is 2.00 bits per heavy atom. The highest BCUT2D eigenvalue weighted by Gasteiger charge is 2.34. The van der Waals surface area contributed by atoms with Gasteiger partial charge in [-0.1, -0.05) is 0 Å². The summed E-state index contributed by atoms with van der Waals surface area (Å²) in [6.07, 6.45) is -1.73. The van der Waals surface area contributed by atoms with Gasteiger partial charge in [-0.25, -0.2) is 4.98 Å². The summed E-state index contributed by atoms with van der Waals surface area (Å²) in [6, 6.07) is 0.863. The molecule has 0 spiro atoms. The summed E-state index contributed by atoms with van der Waals surface area (Å²) in [5.74, 6) is 0. The molecule has 0 saturated heterocycles. The number of allylic oxidation sites excluding steroid dienone is 1. The summed E-state index contributed by atoms with van der Waals surface area (Å²) < 4.78 is 37.4. The molecule has 0 amide bonds. The van der Waals surface area contributed by atoms with Gasteiger partial charge in [0.25, 0.3) is 0 Å². The first-order chi connectivity index (χ1) is 7.38. The Morgan fingerprint density at radius 3 is 2.62 bits per heavy atom.